The van der Waals surface area contributed by atoms with Crippen molar-refractivity contribution in [2.45, 2.75) is 39.7 Å². The van der Waals surface area contributed by atoms with Gasteiger partial charge in [0.15, 0.2) is 5.11 Å². The molecule has 0 aliphatic rings. The normalized spacial score (nSPS) is 11.1. The van der Waals surface area contributed by atoms with Gasteiger partial charge in [0, 0.05) is 11.2 Å². The highest BCUT2D eigenvalue weighted by molar-refractivity contribution is 7.80. The highest BCUT2D eigenvalue weighted by atomic mass is 32.1. The number of benzene rings is 1. The lowest BCUT2D eigenvalue weighted by atomic mass is 10.1. The van der Waals surface area contributed by atoms with Crippen molar-refractivity contribution in [3.05, 3.63) is 29.8 Å². The minimum Gasteiger partial charge on any atom is -0.332 e. The van der Waals surface area contributed by atoms with E-state index in [-0.39, 0.29) is 5.54 Å². The van der Waals surface area contributed by atoms with Gasteiger partial charge in [-0.15, -0.1) is 0 Å². The van der Waals surface area contributed by atoms with Crippen LogP contribution >= 0.6 is 12.2 Å². The lowest BCUT2D eigenvalue weighted by molar-refractivity contribution is 0.405. The summed E-state index contributed by atoms with van der Waals surface area (Å²) >= 11 is 5.18. The molecule has 0 saturated carbocycles. The lowest BCUT2D eigenvalue weighted by Gasteiger charge is -2.22. The van der Waals surface area contributed by atoms with Crippen LogP contribution in [-0.2, 0) is 6.42 Å². The molecule has 0 unspecified atom stereocenters. The van der Waals surface area contributed by atoms with Gasteiger partial charge >= 0.3 is 0 Å². The molecule has 0 aliphatic heterocycles. The van der Waals surface area contributed by atoms with Crippen LogP contribution in [0.1, 0.15) is 33.3 Å². The molecule has 3 N–H and O–H groups in total. The van der Waals surface area contributed by atoms with Crippen molar-refractivity contribution in [1.82, 2.24) is 10.9 Å². The van der Waals surface area contributed by atoms with E-state index < -0.39 is 0 Å². The van der Waals surface area contributed by atoms with E-state index >= 15 is 0 Å². The Morgan fingerprint density at radius 3 is 2.24 bits per heavy atom. The van der Waals surface area contributed by atoms with Gasteiger partial charge in [-0.25, -0.2) is 5.43 Å². The Hall–Kier alpha value is -1.13. The van der Waals surface area contributed by atoms with E-state index in [2.05, 4.69) is 56.0 Å². The molecule has 0 amide bonds. The maximum Gasteiger partial charge on any atom is 0.185 e. The Balaban J connectivity index is 2.45. The van der Waals surface area contributed by atoms with Crippen molar-refractivity contribution in [3.8, 4) is 0 Å². The van der Waals surface area contributed by atoms with E-state index in [1.54, 1.807) is 0 Å². The lowest BCUT2D eigenvalue weighted by Crippen LogP contribution is -2.50. The van der Waals surface area contributed by atoms with Gasteiger partial charge in [-0.2, -0.15) is 0 Å². The van der Waals surface area contributed by atoms with E-state index in [0.717, 1.165) is 12.1 Å². The number of hydrazine groups is 1. The summed E-state index contributed by atoms with van der Waals surface area (Å²) < 4.78 is 0. The van der Waals surface area contributed by atoms with E-state index in [9.17, 15) is 0 Å². The first-order valence-electron chi connectivity index (χ1n) is 5.84. The number of hydrogen-bond acceptors (Lipinski definition) is 2. The molecule has 0 bridgehead atoms. The van der Waals surface area contributed by atoms with Crippen molar-refractivity contribution in [1.29, 1.82) is 0 Å². The number of anilines is 1. The van der Waals surface area contributed by atoms with Crippen LogP contribution in [0.15, 0.2) is 24.3 Å². The quantitative estimate of drug-likeness (QED) is 0.570. The molecular formula is C13H21N3S. The highest BCUT2D eigenvalue weighted by Crippen LogP contribution is 2.09. The summed E-state index contributed by atoms with van der Waals surface area (Å²) in [4.78, 5) is 0. The summed E-state index contributed by atoms with van der Waals surface area (Å²) in [5.74, 6) is 0. The van der Waals surface area contributed by atoms with Gasteiger partial charge in [0.05, 0.1) is 0 Å². The smallest absolute Gasteiger partial charge is 0.185 e. The predicted octanol–water partition coefficient (Wildman–Crippen LogP) is 2.84. The van der Waals surface area contributed by atoms with Crippen molar-refractivity contribution in [3.63, 3.8) is 0 Å². The molecule has 1 aromatic rings. The molecule has 0 fully saturated rings. The second-order valence-electron chi connectivity index (χ2n) is 5.00. The van der Waals surface area contributed by atoms with Gasteiger partial charge in [-0.05, 0) is 57.1 Å². The van der Waals surface area contributed by atoms with Crippen LogP contribution in [0.2, 0.25) is 0 Å². The number of nitrogens with one attached hydrogen (secondary N) is 3. The molecule has 1 rings (SSSR count). The molecule has 0 spiro atoms. The van der Waals surface area contributed by atoms with Crippen molar-refractivity contribution >= 4 is 23.0 Å². The van der Waals surface area contributed by atoms with Crippen molar-refractivity contribution < 1.29 is 0 Å². The molecule has 94 valence electrons. The summed E-state index contributed by atoms with van der Waals surface area (Å²) in [7, 11) is 0. The molecule has 0 aliphatic carbocycles. The van der Waals surface area contributed by atoms with Crippen LogP contribution in [0.5, 0.6) is 0 Å². The van der Waals surface area contributed by atoms with Crippen LogP contribution in [0, 0.1) is 0 Å². The number of hydrogen-bond donors (Lipinski definition) is 3. The summed E-state index contributed by atoms with van der Waals surface area (Å²) in [6.45, 7) is 8.35. The molecular weight excluding hydrogens is 230 g/mol. The number of thiocarbonyl (C=S) groups is 1. The van der Waals surface area contributed by atoms with Crippen LogP contribution in [0.3, 0.4) is 0 Å². The molecule has 0 atom stereocenters. The predicted molar refractivity (Wildman–Crippen MR) is 78.1 cm³/mol. The Morgan fingerprint density at radius 2 is 1.76 bits per heavy atom. The van der Waals surface area contributed by atoms with Gasteiger partial charge in [0.1, 0.15) is 0 Å². The molecule has 4 heteroatoms. The maximum atomic E-state index is 5.18. The summed E-state index contributed by atoms with van der Waals surface area (Å²) in [5, 5.41) is 3.70. The molecule has 17 heavy (non-hydrogen) atoms. The average Bonchev–Trinajstić information content (AvgIpc) is 2.27. The topological polar surface area (TPSA) is 36.1 Å². The first kappa shape index (κ1) is 13.9. The molecule has 1 aromatic carbocycles. The van der Waals surface area contributed by atoms with Crippen LogP contribution in [0.4, 0.5) is 5.69 Å². The molecule has 0 aromatic heterocycles. The monoisotopic (exact) mass is 251 g/mol. The zero-order valence-electron chi connectivity index (χ0n) is 10.9. The van der Waals surface area contributed by atoms with E-state index in [1.165, 1.54) is 5.56 Å². The number of aryl methyl sites for hydroxylation is 1. The summed E-state index contributed by atoms with van der Waals surface area (Å²) in [6, 6.07) is 8.26. The van der Waals surface area contributed by atoms with Crippen LogP contribution < -0.4 is 16.2 Å². The molecule has 0 radical (unpaired) electrons. The second kappa shape index (κ2) is 5.98. The third kappa shape index (κ3) is 5.65. The van der Waals surface area contributed by atoms with Crippen LogP contribution in [-0.4, -0.2) is 10.7 Å². The standard InChI is InChI=1S/C13H21N3S/c1-5-10-6-8-11(9-7-10)14-12(17)15-16-13(2,3)4/h6-9,16H,5H2,1-4H3,(H2,14,15,17). The zero-order valence-corrected chi connectivity index (χ0v) is 11.7. The summed E-state index contributed by atoms with van der Waals surface area (Å²) in [6.07, 6.45) is 1.05. The maximum absolute atomic E-state index is 5.18. The fourth-order valence-corrected chi connectivity index (χ4v) is 1.40. The molecule has 0 saturated heterocycles. The van der Waals surface area contributed by atoms with E-state index in [0.29, 0.717) is 5.11 Å². The summed E-state index contributed by atoms with van der Waals surface area (Å²) in [5.41, 5.74) is 8.38. The fraction of sp³-hybridized carbons (Fsp3) is 0.462. The number of rotatable bonds is 3. The third-order valence-electron chi connectivity index (χ3n) is 2.17. The zero-order chi connectivity index (χ0) is 12.9. The first-order chi connectivity index (χ1) is 7.90. The third-order valence-corrected chi connectivity index (χ3v) is 2.38. The minimum absolute atomic E-state index is 0.0161. The Kier molecular flexibility index (Phi) is 4.90. The largest absolute Gasteiger partial charge is 0.332 e. The van der Waals surface area contributed by atoms with Gasteiger partial charge in [-0.3, -0.25) is 5.43 Å². The first-order valence-corrected chi connectivity index (χ1v) is 6.24. The van der Waals surface area contributed by atoms with Gasteiger partial charge < -0.3 is 5.32 Å². The Morgan fingerprint density at radius 1 is 1.18 bits per heavy atom. The van der Waals surface area contributed by atoms with Gasteiger partial charge in [-0.1, -0.05) is 19.1 Å². The van der Waals surface area contributed by atoms with Crippen molar-refractivity contribution in [2.24, 2.45) is 0 Å². The SMILES string of the molecule is CCc1ccc(NC(=S)NNC(C)(C)C)cc1. The minimum atomic E-state index is -0.0161. The Labute approximate surface area is 109 Å². The Bertz CT molecular complexity index is 365. The second-order valence-corrected chi connectivity index (χ2v) is 5.41. The van der Waals surface area contributed by atoms with E-state index in [1.807, 2.05) is 12.1 Å². The van der Waals surface area contributed by atoms with Crippen LogP contribution in [0.25, 0.3) is 0 Å². The molecule has 0 heterocycles. The fourth-order valence-electron chi connectivity index (χ4n) is 1.23. The molecule has 3 nitrogen and oxygen atoms in total. The van der Waals surface area contributed by atoms with E-state index in [4.69, 9.17) is 12.2 Å². The average molecular weight is 251 g/mol. The highest BCUT2D eigenvalue weighted by Gasteiger charge is 2.08. The van der Waals surface area contributed by atoms with Crippen molar-refractivity contribution in [2.75, 3.05) is 5.32 Å². The van der Waals surface area contributed by atoms with Gasteiger partial charge in [0.2, 0.25) is 0 Å². The van der Waals surface area contributed by atoms with Gasteiger partial charge in [0.25, 0.3) is 0 Å².